The van der Waals surface area contributed by atoms with Crippen LogP contribution in [-0.4, -0.2) is 6.54 Å². The zero-order chi connectivity index (χ0) is 11.5. The van der Waals surface area contributed by atoms with E-state index in [1.807, 2.05) is 25.1 Å². The zero-order valence-electron chi connectivity index (χ0n) is 9.33. The summed E-state index contributed by atoms with van der Waals surface area (Å²) in [6.07, 6.45) is 2.62. The molecular weight excluding hydrogens is 264 g/mol. The topological polar surface area (TPSA) is 35.8 Å². The SMILES string of the molecule is Cc1ccc(C(C#N)NCC2CC2)cc1Br. The average Bonchev–Trinajstić information content (AvgIpc) is 3.08. The fraction of sp³-hybridized carbons (Fsp3) is 0.462. The van der Waals surface area contributed by atoms with Crippen LogP contribution in [0.1, 0.15) is 30.0 Å². The Labute approximate surface area is 105 Å². The van der Waals surface area contributed by atoms with Gasteiger partial charge in [0.05, 0.1) is 6.07 Å². The summed E-state index contributed by atoms with van der Waals surface area (Å²) in [6.45, 7) is 3.01. The highest BCUT2D eigenvalue weighted by Gasteiger charge is 2.22. The highest BCUT2D eigenvalue weighted by molar-refractivity contribution is 9.10. The number of halogens is 1. The third-order valence-electron chi connectivity index (χ3n) is 2.97. The van der Waals surface area contributed by atoms with Crippen LogP contribution in [0.5, 0.6) is 0 Å². The molecule has 1 unspecified atom stereocenters. The van der Waals surface area contributed by atoms with Crippen LogP contribution in [-0.2, 0) is 0 Å². The largest absolute Gasteiger partial charge is 0.298 e. The first kappa shape index (κ1) is 11.6. The number of benzene rings is 1. The van der Waals surface area contributed by atoms with E-state index in [0.29, 0.717) is 0 Å². The minimum absolute atomic E-state index is 0.183. The molecule has 1 aromatic rings. The van der Waals surface area contributed by atoms with Gasteiger partial charge in [-0.15, -0.1) is 0 Å². The number of nitrogens with zero attached hydrogens (tertiary/aromatic N) is 1. The van der Waals surface area contributed by atoms with Gasteiger partial charge in [0.25, 0.3) is 0 Å². The van der Waals surface area contributed by atoms with Crippen LogP contribution in [0.15, 0.2) is 22.7 Å². The summed E-state index contributed by atoms with van der Waals surface area (Å²) in [5.41, 5.74) is 2.24. The Bertz CT molecular complexity index is 418. The second kappa shape index (κ2) is 4.99. The van der Waals surface area contributed by atoms with Crippen LogP contribution >= 0.6 is 15.9 Å². The standard InChI is InChI=1S/C13H15BrN2/c1-9-2-5-11(6-12(9)14)13(7-15)16-8-10-3-4-10/h2,5-6,10,13,16H,3-4,8H2,1H3. The lowest BCUT2D eigenvalue weighted by Crippen LogP contribution is -2.22. The van der Waals surface area contributed by atoms with E-state index in [1.54, 1.807) is 0 Å². The van der Waals surface area contributed by atoms with Crippen molar-refractivity contribution in [2.24, 2.45) is 5.92 Å². The fourth-order valence-electron chi connectivity index (χ4n) is 1.63. The summed E-state index contributed by atoms with van der Waals surface area (Å²) < 4.78 is 1.07. The lowest BCUT2D eigenvalue weighted by molar-refractivity contribution is 0.592. The summed E-state index contributed by atoms with van der Waals surface area (Å²) >= 11 is 3.50. The van der Waals surface area contributed by atoms with Gasteiger partial charge in [-0.25, -0.2) is 0 Å². The molecule has 0 saturated heterocycles. The minimum Gasteiger partial charge on any atom is -0.298 e. The van der Waals surface area contributed by atoms with Crippen LogP contribution < -0.4 is 5.32 Å². The van der Waals surface area contributed by atoms with E-state index in [0.717, 1.165) is 22.5 Å². The lowest BCUT2D eigenvalue weighted by atomic mass is 10.1. The molecule has 3 heteroatoms. The molecule has 0 bridgehead atoms. The van der Waals surface area contributed by atoms with E-state index in [2.05, 4.69) is 27.3 Å². The molecule has 1 N–H and O–H groups in total. The van der Waals surface area contributed by atoms with Crippen molar-refractivity contribution in [3.63, 3.8) is 0 Å². The number of hydrogen-bond donors (Lipinski definition) is 1. The third-order valence-corrected chi connectivity index (χ3v) is 3.82. The van der Waals surface area contributed by atoms with E-state index < -0.39 is 0 Å². The summed E-state index contributed by atoms with van der Waals surface area (Å²) in [5.74, 6) is 0.796. The molecule has 1 fully saturated rings. The number of aryl methyl sites for hydroxylation is 1. The van der Waals surface area contributed by atoms with Crippen molar-refractivity contribution < 1.29 is 0 Å². The molecule has 0 amide bonds. The normalized spacial score (nSPS) is 16.8. The van der Waals surface area contributed by atoms with E-state index in [-0.39, 0.29) is 6.04 Å². The minimum atomic E-state index is -0.183. The molecule has 16 heavy (non-hydrogen) atoms. The van der Waals surface area contributed by atoms with E-state index >= 15 is 0 Å². The first-order chi connectivity index (χ1) is 7.70. The van der Waals surface area contributed by atoms with Crippen LogP contribution in [0.4, 0.5) is 0 Å². The number of nitriles is 1. The van der Waals surface area contributed by atoms with Gasteiger partial charge in [-0.05, 0) is 49.4 Å². The van der Waals surface area contributed by atoms with Gasteiger partial charge in [0.15, 0.2) is 0 Å². The van der Waals surface area contributed by atoms with Crippen LogP contribution in [0.3, 0.4) is 0 Å². The van der Waals surface area contributed by atoms with Gasteiger partial charge in [-0.1, -0.05) is 28.1 Å². The number of rotatable bonds is 4. The quantitative estimate of drug-likeness (QED) is 0.917. The van der Waals surface area contributed by atoms with Gasteiger partial charge >= 0.3 is 0 Å². The molecule has 0 aliphatic heterocycles. The van der Waals surface area contributed by atoms with Crippen molar-refractivity contribution in [3.8, 4) is 6.07 Å². The molecule has 1 saturated carbocycles. The Hall–Kier alpha value is -0.850. The molecule has 1 aromatic carbocycles. The molecule has 0 aromatic heterocycles. The van der Waals surface area contributed by atoms with E-state index in [9.17, 15) is 0 Å². The molecule has 0 spiro atoms. The predicted octanol–water partition coefficient (Wildman–Crippen LogP) is 3.32. The first-order valence-electron chi connectivity index (χ1n) is 5.59. The summed E-state index contributed by atoms with van der Waals surface area (Å²) in [4.78, 5) is 0. The monoisotopic (exact) mass is 278 g/mol. The van der Waals surface area contributed by atoms with Gasteiger partial charge in [-0.3, -0.25) is 5.32 Å². The molecule has 1 aliphatic carbocycles. The van der Waals surface area contributed by atoms with Gasteiger partial charge in [-0.2, -0.15) is 5.26 Å². The van der Waals surface area contributed by atoms with Gasteiger partial charge < -0.3 is 0 Å². The molecule has 2 rings (SSSR count). The number of hydrogen-bond acceptors (Lipinski definition) is 2. The van der Waals surface area contributed by atoms with Crippen molar-refractivity contribution in [2.75, 3.05) is 6.54 Å². The first-order valence-corrected chi connectivity index (χ1v) is 6.39. The van der Waals surface area contributed by atoms with E-state index in [4.69, 9.17) is 5.26 Å². The smallest absolute Gasteiger partial charge is 0.121 e. The second-order valence-electron chi connectivity index (χ2n) is 4.42. The Morgan fingerprint density at radius 3 is 2.88 bits per heavy atom. The van der Waals surface area contributed by atoms with Crippen LogP contribution in [0, 0.1) is 24.2 Å². The Morgan fingerprint density at radius 1 is 1.56 bits per heavy atom. The van der Waals surface area contributed by atoms with Gasteiger partial charge in [0.1, 0.15) is 6.04 Å². The zero-order valence-corrected chi connectivity index (χ0v) is 10.9. The summed E-state index contributed by atoms with van der Waals surface area (Å²) in [6, 6.07) is 8.23. The van der Waals surface area contributed by atoms with Crippen molar-refractivity contribution in [3.05, 3.63) is 33.8 Å². The summed E-state index contributed by atoms with van der Waals surface area (Å²) in [7, 11) is 0. The second-order valence-corrected chi connectivity index (χ2v) is 5.28. The number of nitrogens with one attached hydrogen (secondary N) is 1. The maximum atomic E-state index is 9.15. The van der Waals surface area contributed by atoms with Gasteiger partial charge in [0.2, 0.25) is 0 Å². The van der Waals surface area contributed by atoms with Crippen molar-refractivity contribution >= 4 is 15.9 Å². The maximum Gasteiger partial charge on any atom is 0.121 e. The van der Waals surface area contributed by atoms with Crippen molar-refractivity contribution in [1.29, 1.82) is 5.26 Å². The van der Waals surface area contributed by atoms with Gasteiger partial charge in [0, 0.05) is 4.47 Å². The fourth-order valence-corrected chi connectivity index (χ4v) is 2.03. The Morgan fingerprint density at radius 2 is 2.31 bits per heavy atom. The molecule has 84 valence electrons. The molecular formula is C13H15BrN2. The molecule has 1 atom stereocenters. The highest BCUT2D eigenvalue weighted by atomic mass is 79.9. The average molecular weight is 279 g/mol. The van der Waals surface area contributed by atoms with Crippen molar-refractivity contribution in [1.82, 2.24) is 5.32 Å². The molecule has 2 nitrogen and oxygen atoms in total. The van der Waals surface area contributed by atoms with Crippen LogP contribution in [0.2, 0.25) is 0 Å². The molecule has 1 aliphatic rings. The molecule has 0 heterocycles. The Kier molecular flexibility index (Phi) is 3.63. The molecule has 0 radical (unpaired) electrons. The third kappa shape index (κ3) is 2.84. The van der Waals surface area contributed by atoms with E-state index in [1.165, 1.54) is 18.4 Å². The van der Waals surface area contributed by atoms with Crippen LogP contribution in [0.25, 0.3) is 0 Å². The summed E-state index contributed by atoms with van der Waals surface area (Å²) in [5, 5.41) is 12.5. The predicted molar refractivity (Wildman–Crippen MR) is 68.0 cm³/mol. The van der Waals surface area contributed by atoms with Crippen molar-refractivity contribution in [2.45, 2.75) is 25.8 Å². The lowest BCUT2D eigenvalue weighted by Gasteiger charge is -2.12. The Balaban J connectivity index is 2.06. The maximum absolute atomic E-state index is 9.15. The highest BCUT2D eigenvalue weighted by Crippen LogP contribution is 2.29.